The van der Waals surface area contributed by atoms with Crippen molar-refractivity contribution in [1.82, 2.24) is 0 Å². The summed E-state index contributed by atoms with van der Waals surface area (Å²) in [4.78, 5) is 0. The van der Waals surface area contributed by atoms with Crippen molar-refractivity contribution < 1.29 is 4.74 Å². The highest BCUT2D eigenvalue weighted by Crippen LogP contribution is 2.33. The van der Waals surface area contributed by atoms with E-state index in [0.717, 1.165) is 0 Å². The maximum atomic E-state index is 5.77. The second-order valence-electron chi connectivity index (χ2n) is 3.44. The van der Waals surface area contributed by atoms with Gasteiger partial charge in [0, 0.05) is 5.69 Å². The Kier molecular flexibility index (Phi) is 2.55. The first kappa shape index (κ1) is 10.2. The summed E-state index contributed by atoms with van der Waals surface area (Å²) in [6, 6.07) is 12.3. The van der Waals surface area contributed by atoms with E-state index in [2.05, 4.69) is 0 Å². The molecule has 82 valence electrons. The predicted molar refractivity (Wildman–Crippen MR) is 66.2 cm³/mol. The fourth-order valence-electron chi connectivity index (χ4n) is 1.35. The normalized spacial score (nSPS) is 10.0. The number of nitrogen functional groups attached to an aromatic ring is 3. The number of anilines is 3. The summed E-state index contributed by atoms with van der Waals surface area (Å²) < 4.78 is 5.59. The van der Waals surface area contributed by atoms with E-state index in [1.807, 2.05) is 0 Å². The monoisotopic (exact) mass is 215 g/mol. The van der Waals surface area contributed by atoms with Gasteiger partial charge in [-0.05, 0) is 36.4 Å². The summed E-state index contributed by atoms with van der Waals surface area (Å²) in [5.41, 5.74) is 18.8. The Labute approximate surface area is 93.6 Å². The Balaban J connectivity index is 2.30. The summed E-state index contributed by atoms with van der Waals surface area (Å²) in [5, 5.41) is 0. The lowest BCUT2D eigenvalue weighted by Crippen LogP contribution is -1.97. The third-order valence-corrected chi connectivity index (χ3v) is 2.18. The van der Waals surface area contributed by atoms with E-state index in [1.54, 1.807) is 42.5 Å². The van der Waals surface area contributed by atoms with Crippen molar-refractivity contribution in [2.24, 2.45) is 0 Å². The van der Waals surface area contributed by atoms with Gasteiger partial charge in [0.15, 0.2) is 5.75 Å². The zero-order valence-corrected chi connectivity index (χ0v) is 8.68. The van der Waals surface area contributed by atoms with E-state index in [9.17, 15) is 0 Å². The number of para-hydroxylation sites is 1. The molecule has 0 fully saturated rings. The average molecular weight is 215 g/mol. The molecule has 0 spiro atoms. The number of nitrogens with two attached hydrogens (primary N) is 3. The highest BCUT2D eigenvalue weighted by molar-refractivity contribution is 5.68. The number of hydrogen-bond acceptors (Lipinski definition) is 4. The number of benzene rings is 2. The quantitative estimate of drug-likeness (QED) is 0.670. The minimum absolute atomic E-state index is 0.479. The Bertz CT molecular complexity index is 474. The van der Waals surface area contributed by atoms with Gasteiger partial charge < -0.3 is 21.9 Å². The molecule has 0 aliphatic heterocycles. The van der Waals surface area contributed by atoms with Crippen molar-refractivity contribution in [3.8, 4) is 11.5 Å². The molecule has 0 heterocycles. The molecule has 0 aromatic heterocycles. The van der Waals surface area contributed by atoms with Gasteiger partial charge in [-0.2, -0.15) is 0 Å². The molecule has 0 aliphatic carbocycles. The van der Waals surface area contributed by atoms with Crippen LogP contribution in [0.4, 0.5) is 17.1 Å². The summed E-state index contributed by atoms with van der Waals surface area (Å²) in [5.74, 6) is 1.13. The van der Waals surface area contributed by atoms with Crippen molar-refractivity contribution in [3.63, 3.8) is 0 Å². The summed E-state index contributed by atoms with van der Waals surface area (Å²) in [7, 11) is 0. The zero-order valence-electron chi connectivity index (χ0n) is 8.68. The standard InChI is InChI=1S/C12H13N3O/c13-8-4-6-9(7-5-8)16-12-10(14)2-1-3-11(12)15/h1-7H,13-15H2. The minimum atomic E-state index is 0.479. The zero-order chi connectivity index (χ0) is 11.5. The van der Waals surface area contributed by atoms with E-state index < -0.39 is 0 Å². The lowest BCUT2D eigenvalue weighted by molar-refractivity contribution is 0.487. The van der Waals surface area contributed by atoms with Crippen LogP contribution in [-0.2, 0) is 0 Å². The van der Waals surface area contributed by atoms with Gasteiger partial charge in [0.2, 0.25) is 0 Å². The van der Waals surface area contributed by atoms with E-state index in [-0.39, 0.29) is 0 Å². The Hall–Kier alpha value is -2.36. The van der Waals surface area contributed by atoms with Gasteiger partial charge in [-0.15, -0.1) is 0 Å². The smallest absolute Gasteiger partial charge is 0.173 e. The first-order valence-corrected chi connectivity index (χ1v) is 4.84. The Morgan fingerprint density at radius 2 is 1.31 bits per heavy atom. The van der Waals surface area contributed by atoms with Gasteiger partial charge in [0.25, 0.3) is 0 Å². The minimum Gasteiger partial charge on any atom is -0.453 e. The largest absolute Gasteiger partial charge is 0.453 e. The molecule has 0 amide bonds. The average Bonchev–Trinajstić information content (AvgIpc) is 2.26. The highest BCUT2D eigenvalue weighted by Gasteiger charge is 2.05. The van der Waals surface area contributed by atoms with E-state index in [4.69, 9.17) is 21.9 Å². The van der Waals surface area contributed by atoms with Crippen LogP contribution in [0.3, 0.4) is 0 Å². The fraction of sp³-hybridized carbons (Fsp3) is 0. The molecule has 0 saturated carbocycles. The SMILES string of the molecule is Nc1ccc(Oc2c(N)cccc2N)cc1. The van der Waals surface area contributed by atoms with Crippen molar-refractivity contribution in [1.29, 1.82) is 0 Å². The fourth-order valence-corrected chi connectivity index (χ4v) is 1.35. The van der Waals surface area contributed by atoms with E-state index >= 15 is 0 Å². The third-order valence-electron chi connectivity index (χ3n) is 2.18. The Morgan fingerprint density at radius 3 is 1.88 bits per heavy atom. The second kappa shape index (κ2) is 4.02. The third kappa shape index (κ3) is 2.00. The van der Waals surface area contributed by atoms with Gasteiger partial charge in [-0.3, -0.25) is 0 Å². The molecule has 6 N–H and O–H groups in total. The summed E-state index contributed by atoms with van der Waals surface area (Å²) in [6.45, 7) is 0. The van der Waals surface area contributed by atoms with Crippen LogP contribution in [-0.4, -0.2) is 0 Å². The van der Waals surface area contributed by atoms with E-state index in [1.165, 1.54) is 0 Å². The van der Waals surface area contributed by atoms with Gasteiger partial charge in [0.05, 0.1) is 11.4 Å². The van der Waals surface area contributed by atoms with Crippen LogP contribution in [0.5, 0.6) is 11.5 Å². The maximum absolute atomic E-state index is 5.77. The van der Waals surface area contributed by atoms with Gasteiger partial charge in [-0.1, -0.05) is 6.07 Å². The van der Waals surface area contributed by atoms with Crippen molar-refractivity contribution in [2.75, 3.05) is 17.2 Å². The topological polar surface area (TPSA) is 87.3 Å². The van der Waals surface area contributed by atoms with Crippen molar-refractivity contribution in [3.05, 3.63) is 42.5 Å². The van der Waals surface area contributed by atoms with Crippen LogP contribution in [0.1, 0.15) is 0 Å². The predicted octanol–water partition coefficient (Wildman–Crippen LogP) is 2.23. The second-order valence-corrected chi connectivity index (χ2v) is 3.44. The lowest BCUT2D eigenvalue weighted by Gasteiger charge is -2.10. The molecule has 0 unspecified atom stereocenters. The summed E-state index contributed by atoms with van der Waals surface area (Å²) in [6.07, 6.45) is 0. The molecule has 2 rings (SSSR count). The molecule has 4 nitrogen and oxygen atoms in total. The van der Waals surface area contributed by atoms with Crippen molar-refractivity contribution in [2.45, 2.75) is 0 Å². The highest BCUT2D eigenvalue weighted by atomic mass is 16.5. The molecule has 0 atom stereocenters. The van der Waals surface area contributed by atoms with Crippen LogP contribution in [0.25, 0.3) is 0 Å². The molecule has 2 aromatic rings. The molecule has 0 radical (unpaired) electrons. The van der Waals surface area contributed by atoms with Crippen LogP contribution in [0.15, 0.2) is 42.5 Å². The maximum Gasteiger partial charge on any atom is 0.173 e. The number of hydrogen-bond donors (Lipinski definition) is 3. The molecular weight excluding hydrogens is 202 g/mol. The first-order chi connectivity index (χ1) is 7.66. The number of ether oxygens (including phenoxy) is 1. The van der Waals surface area contributed by atoms with Gasteiger partial charge >= 0.3 is 0 Å². The van der Waals surface area contributed by atoms with Crippen LogP contribution >= 0.6 is 0 Å². The Morgan fingerprint density at radius 1 is 0.750 bits per heavy atom. The first-order valence-electron chi connectivity index (χ1n) is 4.84. The van der Waals surface area contributed by atoms with Crippen LogP contribution in [0.2, 0.25) is 0 Å². The molecule has 4 heteroatoms. The molecular formula is C12H13N3O. The number of rotatable bonds is 2. The van der Waals surface area contributed by atoms with Gasteiger partial charge in [0.1, 0.15) is 5.75 Å². The van der Waals surface area contributed by atoms with E-state index in [0.29, 0.717) is 28.6 Å². The molecule has 0 saturated heterocycles. The molecule has 0 aliphatic rings. The molecule has 0 bridgehead atoms. The molecule has 16 heavy (non-hydrogen) atoms. The van der Waals surface area contributed by atoms with Crippen molar-refractivity contribution >= 4 is 17.1 Å². The van der Waals surface area contributed by atoms with Crippen LogP contribution in [0, 0.1) is 0 Å². The summed E-state index contributed by atoms with van der Waals surface area (Å²) >= 11 is 0. The van der Waals surface area contributed by atoms with Gasteiger partial charge in [-0.25, -0.2) is 0 Å². The van der Waals surface area contributed by atoms with Crippen LogP contribution < -0.4 is 21.9 Å². The lowest BCUT2D eigenvalue weighted by atomic mass is 10.2. The molecule has 2 aromatic carbocycles.